The van der Waals surface area contributed by atoms with Crippen molar-refractivity contribution < 1.29 is 23.8 Å². The van der Waals surface area contributed by atoms with E-state index in [1.807, 2.05) is 44.2 Å². The van der Waals surface area contributed by atoms with E-state index in [4.69, 9.17) is 14.2 Å². The van der Waals surface area contributed by atoms with E-state index in [1.165, 1.54) is 6.08 Å². The van der Waals surface area contributed by atoms with Crippen LogP contribution in [-0.4, -0.2) is 38.2 Å². The van der Waals surface area contributed by atoms with E-state index in [2.05, 4.69) is 0 Å². The number of esters is 1. The molecule has 0 spiro atoms. The number of hydrogen-bond donors (Lipinski definition) is 0. The molecule has 0 bridgehead atoms. The third-order valence-electron chi connectivity index (χ3n) is 5.03. The zero-order chi connectivity index (χ0) is 21.5. The third-order valence-corrected chi connectivity index (χ3v) is 5.03. The Kier molecular flexibility index (Phi) is 7.12. The van der Waals surface area contributed by atoms with Crippen molar-refractivity contribution in [1.82, 2.24) is 0 Å². The zero-order valence-corrected chi connectivity index (χ0v) is 17.6. The van der Waals surface area contributed by atoms with E-state index in [-0.39, 0.29) is 18.6 Å². The van der Waals surface area contributed by atoms with Gasteiger partial charge in [-0.1, -0.05) is 24.3 Å². The van der Waals surface area contributed by atoms with Gasteiger partial charge in [0.25, 0.3) is 5.91 Å². The highest BCUT2D eigenvalue weighted by molar-refractivity contribution is 5.98. The summed E-state index contributed by atoms with van der Waals surface area (Å²) in [4.78, 5) is 26.6. The van der Waals surface area contributed by atoms with Crippen LogP contribution in [0.1, 0.15) is 31.4 Å². The first-order chi connectivity index (χ1) is 14.5. The van der Waals surface area contributed by atoms with Crippen molar-refractivity contribution in [3.63, 3.8) is 0 Å². The standard InChI is InChI=1S/C24H27NO5/c1-4-29-21-13-10-18(15-22(21)28-3)11-14-24(27)30-16-23(26)25-17(2)9-12-19-7-5-6-8-20(19)25/h5-8,10-11,13-15,17H,4,9,12,16H2,1-3H3/b14-11+. The molecule has 0 saturated carbocycles. The lowest BCUT2D eigenvalue weighted by Gasteiger charge is -2.35. The van der Waals surface area contributed by atoms with Gasteiger partial charge in [0.15, 0.2) is 18.1 Å². The second-order valence-corrected chi connectivity index (χ2v) is 7.06. The summed E-state index contributed by atoms with van der Waals surface area (Å²) in [7, 11) is 1.56. The van der Waals surface area contributed by atoms with E-state index in [0.29, 0.717) is 18.1 Å². The van der Waals surface area contributed by atoms with Crippen LogP contribution in [-0.2, 0) is 20.7 Å². The second-order valence-electron chi connectivity index (χ2n) is 7.06. The molecule has 6 heteroatoms. The first-order valence-electron chi connectivity index (χ1n) is 10.1. The molecule has 1 amide bonds. The molecule has 158 valence electrons. The Morgan fingerprint density at radius 3 is 2.73 bits per heavy atom. The number of amides is 1. The van der Waals surface area contributed by atoms with Crippen LogP contribution >= 0.6 is 0 Å². The van der Waals surface area contributed by atoms with Crippen LogP contribution < -0.4 is 14.4 Å². The average Bonchev–Trinajstić information content (AvgIpc) is 2.76. The molecule has 1 unspecified atom stereocenters. The van der Waals surface area contributed by atoms with E-state index < -0.39 is 5.97 Å². The second kappa shape index (κ2) is 9.96. The van der Waals surface area contributed by atoms with Gasteiger partial charge in [0.1, 0.15) is 0 Å². The number of rotatable bonds is 7. The highest BCUT2D eigenvalue weighted by Crippen LogP contribution is 2.30. The lowest BCUT2D eigenvalue weighted by molar-refractivity contribution is -0.143. The number of methoxy groups -OCH3 is 1. The fourth-order valence-corrected chi connectivity index (χ4v) is 3.55. The molecular formula is C24H27NO5. The van der Waals surface area contributed by atoms with Gasteiger partial charge < -0.3 is 19.1 Å². The monoisotopic (exact) mass is 409 g/mol. The van der Waals surface area contributed by atoms with Crippen molar-refractivity contribution >= 4 is 23.6 Å². The number of aryl methyl sites for hydroxylation is 1. The first-order valence-corrected chi connectivity index (χ1v) is 10.1. The highest BCUT2D eigenvalue weighted by atomic mass is 16.5. The van der Waals surface area contributed by atoms with Gasteiger partial charge in [0, 0.05) is 17.8 Å². The number of carbonyl (C=O) groups is 2. The first kappa shape index (κ1) is 21.4. The Bertz CT molecular complexity index is 937. The summed E-state index contributed by atoms with van der Waals surface area (Å²) in [6.07, 6.45) is 4.74. The number of carbonyl (C=O) groups excluding carboxylic acids is 2. The summed E-state index contributed by atoms with van der Waals surface area (Å²) in [6.45, 7) is 4.14. The van der Waals surface area contributed by atoms with Crippen LogP contribution in [0.25, 0.3) is 6.08 Å². The molecule has 30 heavy (non-hydrogen) atoms. The Labute approximate surface area is 177 Å². The van der Waals surface area contributed by atoms with E-state index in [0.717, 1.165) is 29.7 Å². The third kappa shape index (κ3) is 5.00. The highest BCUT2D eigenvalue weighted by Gasteiger charge is 2.28. The van der Waals surface area contributed by atoms with Gasteiger partial charge >= 0.3 is 5.97 Å². The number of benzene rings is 2. The normalized spacial score (nSPS) is 15.6. The number of hydrogen-bond acceptors (Lipinski definition) is 5. The van der Waals surface area contributed by atoms with Gasteiger partial charge in [-0.05, 0) is 62.1 Å². The molecule has 1 aliphatic heterocycles. The minimum Gasteiger partial charge on any atom is -0.493 e. The summed E-state index contributed by atoms with van der Waals surface area (Å²) in [5.41, 5.74) is 2.80. The molecule has 0 aliphatic carbocycles. The van der Waals surface area contributed by atoms with Gasteiger partial charge in [-0.2, -0.15) is 0 Å². The predicted molar refractivity (Wildman–Crippen MR) is 116 cm³/mol. The molecule has 1 aliphatic rings. The Morgan fingerprint density at radius 2 is 1.97 bits per heavy atom. The van der Waals surface area contributed by atoms with E-state index in [1.54, 1.807) is 30.2 Å². The molecular weight excluding hydrogens is 382 g/mol. The Hall–Kier alpha value is -3.28. The van der Waals surface area contributed by atoms with Crippen molar-refractivity contribution in [2.75, 3.05) is 25.2 Å². The number of ether oxygens (including phenoxy) is 3. The molecule has 3 rings (SSSR count). The lowest BCUT2D eigenvalue weighted by atomic mass is 9.96. The molecule has 0 N–H and O–H groups in total. The topological polar surface area (TPSA) is 65.1 Å². The van der Waals surface area contributed by atoms with Gasteiger partial charge in [-0.3, -0.25) is 4.79 Å². The maximum atomic E-state index is 12.7. The molecule has 0 aromatic heterocycles. The predicted octanol–water partition coefficient (Wildman–Crippen LogP) is 4.02. The van der Waals surface area contributed by atoms with Gasteiger partial charge in [0.2, 0.25) is 0 Å². The molecule has 6 nitrogen and oxygen atoms in total. The lowest BCUT2D eigenvalue weighted by Crippen LogP contribution is -2.44. The molecule has 1 heterocycles. The minimum absolute atomic E-state index is 0.0676. The fourth-order valence-electron chi connectivity index (χ4n) is 3.55. The van der Waals surface area contributed by atoms with Crippen LogP contribution in [0, 0.1) is 0 Å². The van der Waals surface area contributed by atoms with Gasteiger partial charge in [-0.15, -0.1) is 0 Å². The minimum atomic E-state index is -0.575. The van der Waals surface area contributed by atoms with E-state index in [9.17, 15) is 9.59 Å². The smallest absolute Gasteiger partial charge is 0.331 e. The molecule has 1 atom stereocenters. The van der Waals surface area contributed by atoms with Crippen molar-refractivity contribution in [2.45, 2.75) is 32.7 Å². The van der Waals surface area contributed by atoms with Gasteiger partial charge in [-0.25, -0.2) is 4.79 Å². The maximum Gasteiger partial charge on any atom is 0.331 e. The van der Waals surface area contributed by atoms with Crippen molar-refractivity contribution in [2.24, 2.45) is 0 Å². The van der Waals surface area contributed by atoms with Crippen LogP contribution in [0.15, 0.2) is 48.5 Å². The molecule has 2 aromatic rings. The largest absolute Gasteiger partial charge is 0.493 e. The van der Waals surface area contributed by atoms with Crippen molar-refractivity contribution in [3.8, 4) is 11.5 Å². The summed E-state index contributed by atoms with van der Waals surface area (Å²) in [6, 6.07) is 13.3. The van der Waals surface area contributed by atoms with Crippen molar-refractivity contribution in [1.29, 1.82) is 0 Å². The summed E-state index contributed by atoms with van der Waals surface area (Å²) in [5, 5.41) is 0. The Balaban J connectivity index is 1.60. The number of nitrogens with zero attached hydrogens (tertiary/aromatic N) is 1. The fraction of sp³-hybridized carbons (Fsp3) is 0.333. The molecule has 0 radical (unpaired) electrons. The van der Waals surface area contributed by atoms with Crippen LogP contribution in [0.5, 0.6) is 11.5 Å². The zero-order valence-electron chi connectivity index (χ0n) is 17.6. The summed E-state index contributed by atoms with van der Waals surface area (Å²) >= 11 is 0. The molecule has 0 fully saturated rings. The summed E-state index contributed by atoms with van der Waals surface area (Å²) < 4.78 is 16.0. The van der Waals surface area contributed by atoms with Crippen LogP contribution in [0.4, 0.5) is 5.69 Å². The molecule has 0 saturated heterocycles. The van der Waals surface area contributed by atoms with Crippen LogP contribution in [0.3, 0.4) is 0 Å². The average molecular weight is 409 g/mol. The number of fused-ring (bicyclic) bond motifs is 1. The maximum absolute atomic E-state index is 12.7. The van der Waals surface area contributed by atoms with Gasteiger partial charge in [0.05, 0.1) is 13.7 Å². The number of anilines is 1. The van der Waals surface area contributed by atoms with E-state index >= 15 is 0 Å². The quantitative estimate of drug-likeness (QED) is 0.511. The van der Waals surface area contributed by atoms with Crippen molar-refractivity contribution in [3.05, 3.63) is 59.7 Å². The summed E-state index contributed by atoms with van der Waals surface area (Å²) in [5.74, 6) is 0.426. The number of para-hydroxylation sites is 1. The molecule has 2 aromatic carbocycles. The van der Waals surface area contributed by atoms with Crippen LogP contribution in [0.2, 0.25) is 0 Å². The SMILES string of the molecule is CCOc1ccc(/C=C/C(=O)OCC(=O)N2c3ccccc3CCC2C)cc1OC. The Morgan fingerprint density at radius 1 is 1.17 bits per heavy atom.